The molecule has 0 aliphatic rings. The molecule has 1 aromatic carbocycles. The summed E-state index contributed by atoms with van der Waals surface area (Å²) < 4.78 is 0. The van der Waals surface area contributed by atoms with Crippen LogP contribution in [0.5, 0.6) is 0 Å². The van der Waals surface area contributed by atoms with E-state index >= 15 is 0 Å². The molecule has 2 aromatic rings. The molecule has 1 amide bonds. The molecular weight excluding hydrogens is 290 g/mol. The number of carbonyl (C=O) groups excluding carboxylic acids is 1. The minimum atomic E-state index is -0.119. The molecule has 4 nitrogen and oxygen atoms in total. The maximum absolute atomic E-state index is 12.3. The third-order valence-electron chi connectivity index (χ3n) is 2.68. The third kappa shape index (κ3) is 4.05. The second-order valence-corrected chi connectivity index (χ2v) is 6.51. The Balaban J connectivity index is 1.98. The summed E-state index contributed by atoms with van der Waals surface area (Å²) in [5.41, 5.74) is 0. The molecule has 1 atom stereocenters. The Kier molecular flexibility index (Phi) is 5.55. The van der Waals surface area contributed by atoms with Crippen molar-refractivity contribution in [3.8, 4) is 0 Å². The molecule has 1 aromatic heterocycles. The molecule has 106 valence electrons. The first-order valence-corrected chi connectivity index (χ1v) is 8.27. The van der Waals surface area contributed by atoms with Crippen LogP contribution in [0.4, 0.5) is 5.13 Å². The number of aryl methyl sites for hydroxylation is 1. The van der Waals surface area contributed by atoms with Gasteiger partial charge in [-0.2, -0.15) is 0 Å². The van der Waals surface area contributed by atoms with E-state index in [9.17, 15) is 4.79 Å². The normalized spacial score (nSPS) is 12.1. The Morgan fingerprint density at radius 3 is 2.65 bits per heavy atom. The van der Waals surface area contributed by atoms with E-state index in [2.05, 4.69) is 15.5 Å². The van der Waals surface area contributed by atoms with E-state index in [1.165, 1.54) is 11.3 Å². The molecule has 0 unspecified atom stereocenters. The van der Waals surface area contributed by atoms with E-state index in [0.717, 1.165) is 22.7 Å². The first-order valence-electron chi connectivity index (χ1n) is 6.57. The maximum Gasteiger partial charge on any atom is 0.239 e. The number of rotatable bonds is 6. The van der Waals surface area contributed by atoms with Gasteiger partial charge in [0, 0.05) is 4.90 Å². The number of amides is 1. The molecule has 20 heavy (non-hydrogen) atoms. The summed E-state index contributed by atoms with van der Waals surface area (Å²) in [6, 6.07) is 9.95. The zero-order chi connectivity index (χ0) is 14.4. The lowest BCUT2D eigenvalue weighted by Gasteiger charge is -2.13. The predicted molar refractivity (Wildman–Crippen MR) is 84.3 cm³/mol. The molecule has 2 rings (SSSR count). The van der Waals surface area contributed by atoms with Gasteiger partial charge in [0.05, 0.1) is 5.25 Å². The lowest BCUT2D eigenvalue weighted by Crippen LogP contribution is -2.24. The van der Waals surface area contributed by atoms with Crippen molar-refractivity contribution in [2.45, 2.75) is 36.8 Å². The Morgan fingerprint density at radius 2 is 2.05 bits per heavy atom. The lowest BCUT2D eigenvalue weighted by atomic mass is 10.3. The average Bonchev–Trinajstić information content (AvgIpc) is 2.93. The first kappa shape index (κ1) is 15.0. The number of nitrogens with one attached hydrogen (secondary N) is 1. The number of nitrogens with zero attached hydrogens (tertiary/aromatic N) is 2. The van der Waals surface area contributed by atoms with Crippen LogP contribution in [0.1, 0.15) is 25.3 Å². The summed E-state index contributed by atoms with van der Waals surface area (Å²) in [5.74, 6) is -0.0137. The fourth-order valence-electron chi connectivity index (χ4n) is 1.62. The standard InChI is InChI=1S/C14H17N3OS2/c1-3-11(19-10-8-6-5-7-9-10)13(18)15-14-17-16-12(4-2)20-14/h5-9,11H,3-4H2,1-2H3,(H,15,17,18)/t11-/m1/s1. The van der Waals surface area contributed by atoms with Gasteiger partial charge in [0.1, 0.15) is 5.01 Å². The minimum Gasteiger partial charge on any atom is -0.300 e. The van der Waals surface area contributed by atoms with Gasteiger partial charge in [0.15, 0.2) is 0 Å². The molecule has 0 fully saturated rings. The van der Waals surface area contributed by atoms with Crippen molar-refractivity contribution in [1.82, 2.24) is 10.2 Å². The van der Waals surface area contributed by atoms with Crippen molar-refractivity contribution in [3.05, 3.63) is 35.3 Å². The van der Waals surface area contributed by atoms with Gasteiger partial charge in [-0.05, 0) is 25.0 Å². The average molecular weight is 307 g/mol. The summed E-state index contributed by atoms with van der Waals surface area (Å²) >= 11 is 3.00. The van der Waals surface area contributed by atoms with Gasteiger partial charge in [-0.15, -0.1) is 22.0 Å². The molecular formula is C14H17N3OS2. The van der Waals surface area contributed by atoms with Crippen LogP contribution in [0.3, 0.4) is 0 Å². The highest BCUT2D eigenvalue weighted by molar-refractivity contribution is 8.00. The summed E-state index contributed by atoms with van der Waals surface area (Å²) in [4.78, 5) is 13.4. The van der Waals surface area contributed by atoms with Crippen molar-refractivity contribution in [2.24, 2.45) is 0 Å². The van der Waals surface area contributed by atoms with E-state index < -0.39 is 0 Å². The highest BCUT2D eigenvalue weighted by Gasteiger charge is 2.19. The van der Waals surface area contributed by atoms with E-state index in [1.807, 2.05) is 44.2 Å². The van der Waals surface area contributed by atoms with Gasteiger partial charge in [-0.1, -0.05) is 43.4 Å². The maximum atomic E-state index is 12.3. The number of hydrogen-bond donors (Lipinski definition) is 1. The van der Waals surface area contributed by atoms with Crippen molar-refractivity contribution in [2.75, 3.05) is 5.32 Å². The molecule has 6 heteroatoms. The van der Waals surface area contributed by atoms with E-state index in [-0.39, 0.29) is 11.2 Å². The quantitative estimate of drug-likeness (QED) is 0.828. The van der Waals surface area contributed by atoms with Gasteiger partial charge in [-0.25, -0.2) is 0 Å². The first-order chi connectivity index (χ1) is 9.72. The van der Waals surface area contributed by atoms with Crippen LogP contribution in [-0.2, 0) is 11.2 Å². The van der Waals surface area contributed by atoms with Crippen molar-refractivity contribution in [3.63, 3.8) is 0 Å². The van der Waals surface area contributed by atoms with E-state index in [4.69, 9.17) is 0 Å². The smallest absolute Gasteiger partial charge is 0.239 e. The zero-order valence-corrected chi connectivity index (χ0v) is 13.1. The van der Waals surface area contributed by atoms with Gasteiger partial charge >= 0.3 is 0 Å². The zero-order valence-electron chi connectivity index (χ0n) is 11.5. The number of aromatic nitrogens is 2. The van der Waals surface area contributed by atoms with Gasteiger partial charge in [0.2, 0.25) is 11.0 Å². The molecule has 0 aliphatic heterocycles. The van der Waals surface area contributed by atoms with Gasteiger partial charge in [0.25, 0.3) is 0 Å². The van der Waals surface area contributed by atoms with Crippen LogP contribution in [0, 0.1) is 0 Å². The molecule has 1 heterocycles. The predicted octanol–water partition coefficient (Wildman–Crippen LogP) is 3.61. The monoisotopic (exact) mass is 307 g/mol. The fourth-order valence-corrected chi connectivity index (χ4v) is 3.28. The minimum absolute atomic E-state index is 0.0137. The lowest BCUT2D eigenvalue weighted by molar-refractivity contribution is -0.115. The molecule has 0 saturated heterocycles. The Bertz CT molecular complexity index is 557. The van der Waals surface area contributed by atoms with Crippen LogP contribution < -0.4 is 5.32 Å². The number of benzene rings is 1. The Hall–Kier alpha value is -1.40. The van der Waals surface area contributed by atoms with Crippen LogP contribution >= 0.6 is 23.1 Å². The number of hydrogen-bond acceptors (Lipinski definition) is 5. The van der Waals surface area contributed by atoms with Crippen LogP contribution in [0.15, 0.2) is 35.2 Å². The Labute approximate surface area is 127 Å². The molecule has 0 radical (unpaired) electrons. The number of anilines is 1. The van der Waals surface area contributed by atoms with E-state index in [0.29, 0.717) is 5.13 Å². The number of carbonyl (C=O) groups is 1. The SMILES string of the molecule is CCc1nnc(NC(=O)[C@@H](CC)Sc2ccccc2)s1. The van der Waals surface area contributed by atoms with Gasteiger partial charge in [-0.3, -0.25) is 10.1 Å². The van der Waals surface area contributed by atoms with E-state index in [1.54, 1.807) is 11.8 Å². The molecule has 1 N–H and O–H groups in total. The second-order valence-electron chi connectivity index (χ2n) is 4.17. The largest absolute Gasteiger partial charge is 0.300 e. The topological polar surface area (TPSA) is 54.9 Å². The van der Waals surface area contributed by atoms with Crippen molar-refractivity contribution < 1.29 is 4.79 Å². The van der Waals surface area contributed by atoms with Crippen LogP contribution in [0.25, 0.3) is 0 Å². The number of thioether (sulfide) groups is 1. The molecule has 0 bridgehead atoms. The molecule has 0 aliphatic carbocycles. The van der Waals surface area contributed by atoms with Crippen molar-refractivity contribution in [1.29, 1.82) is 0 Å². The highest BCUT2D eigenvalue weighted by atomic mass is 32.2. The van der Waals surface area contributed by atoms with Crippen molar-refractivity contribution >= 4 is 34.1 Å². The summed E-state index contributed by atoms with van der Waals surface area (Å²) in [6.45, 7) is 4.03. The van der Waals surface area contributed by atoms with Gasteiger partial charge < -0.3 is 0 Å². The van der Waals surface area contributed by atoms with Crippen LogP contribution in [-0.4, -0.2) is 21.4 Å². The third-order valence-corrected chi connectivity index (χ3v) is 5.04. The Morgan fingerprint density at radius 1 is 1.30 bits per heavy atom. The summed E-state index contributed by atoms with van der Waals surface area (Å²) in [6.07, 6.45) is 1.61. The highest BCUT2D eigenvalue weighted by Crippen LogP contribution is 2.26. The second kappa shape index (κ2) is 7.40. The van der Waals surface area contributed by atoms with Crippen LogP contribution in [0.2, 0.25) is 0 Å². The molecule has 0 spiro atoms. The summed E-state index contributed by atoms with van der Waals surface area (Å²) in [5, 5.41) is 12.2. The fraction of sp³-hybridized carbons (Fsp3) is 0.357. The summed E-state index contributed by atoms with van der Waals surface area (Å²) in [7, 11) is 0. The molecule has 0 saturated carbocycles.